The number of aliphatic hydroxyl groups is 1. The van der Waals surface area contributed by atoms with Crippen molar-refractivity contribution in [3.63, 3.8) is 0 Å². The molecule has 5 heterocycles. The second-order valence-corrected chi connectivity index (χ2v) is 19.3. The van der Waals surface area contributed by atoms with Crippen LogP contribution in [0.5, 0.6) is 5.75 Å². The highest BCUT2D eigenvalue weighted by Crippen LogP contribution is 2.41. The molecule has 0 saturated carbocycles. The number of urea groups is 1. The SMILES string of the molecule is CCc1c2c(nc3ccc(OC(=O)N(C)CCN(C)C(=O)OCc4ccc(NC(=O)[C@H](CCCNC(N)=O)NC(=O)[C@@H](NC(=O)C5CCC(C(=O)O)O5)C(C)C)cc4)cc13)-c1cc3c(c(=O)n1C2)COC(=O)[C@]3(O)CC. The highest BCUT2D eigenvalue weighted by molar-refractivity contribution is 5.99. The first-order valence-electron chi connectivity index (χ1n) is 25.0. The van der Waals surface area contributed by atoms with E-state index in [1.54, 1.807) is 73.9 Å². The van der Waals surface area contributed by atoms with Gasteiger partial charge in [-0.3, -0.25) is 19.2 Å². The van der Waals surface area contributed by atoms with Crippen LogP contribution in [0, 0.1) is 5.92 Å². The number of nitrogens with one attached hydrogen (secondary N) is 4. The number of ether oxygens (including phenoxy) is 4. The van der Waals surface area contributed by atoms with Crippen molar-refractivity contribution in [3.8, 4) is 17.1 Å². The number of hydrogen-bond acceptors (Lipinski definition) is 15. The molecule has 0 bridgehead atoms. The third kappa shape index (κ3) is 12.2. The van der Waals surface area contributed by atoms with Crippen molar-refractivity contribution in [2.24, 2.45) is 11.7 Å². The number of carbonyl (C=O) groups excluding carboxylic acids is 7. The van der Waals surface area contributed by atoms with Crippen molar-refractivity contribution in [2.45, 2.75) is 116 Å². The van der Waals surface area contributed by atoms with Crippen LogP contribution < -0.4 is 37.3 Å². The Hall–Kier alpha value is -8.12. The first-order valence-corrected chi connectivity index (χ1v) is 25.0. The molecule has 5 atom stereocenters. The molecule has 76 heavy (non-hydrogen) atoms. The number of esters is 1. The van der Waals surface area contributed by atoms with E-state index in [-0.39, 0.29) is 93.9 Å². The molecule has 1 saturated heterocycles. The van der Waals surface area contributed by atoms with Crippen LogP contribution in [0.25, 0.3) is 22.3 Å². The Kier molecular flexibility index (Phi) is 17.3. The first-order chi connectivity index (χ1) is 36.1. The zero-order valence-electron chi connectivity index (χ0n) is 43.1. The number of carboxylic acid groups (broad SMARTS) is 1. The maximum Gasteiger partial charge on any atom is 0.415 e. The fourth-order valence-electron chi connectivity index (χ4n) is 9.28. The largest absolute Gasteiger partial charge is 0.479 e. The number of nitrogens with zero attached hydrogens (tertiary/aromatic N) is 4. The number of aryl methyl sites for hydroxylation is 1. The lowest BCUT2D eigenvalue weighted by atomic mass is 9.86. The van der Waals surface area contributed by atoms with Gasteiger partial charge in [0.25, 0.3) is 5.56 Å². The lowest BCUT2D eigenvalue weighted by molar-refractivity contribution is -0.172. The lowest BCUT2D eigenvalue weighted by Gasteiger charge is -2.31. The molecule has 4 aromatic rings. The number of cyclic esters (lactones) is 1. The quantitative estimate of drug-likeness (QED) is 0.0435. The van der Waals surface area contributed by atoms with E-state index >= 15 is 0 Å². The number of pyridine rings is 2. The zero-order valence-corrected chi connectivity index (χ0v) is 43.1. The average Bonchev–Trinajstić information content (AvgIpc) is 4.06. The van der Waals surface area contributed by atoms with Gasteiger partial charge < -0.3 is 70.5 Å². The molecule has 0 aliphatic carbocycles. The van der Waals surface area contributed by atoms with Crippen molar-refractivity contribution in [1.29, 1.82) is 0 Å². The smallest absolute Gasteiger partial charge is 0.415 e. The van der Waals surface area contributed by atoms with Gasteiger partial charge in [0.15, 0.2) is 11.7 Å². The molecule has 406 valence electrons. The van der Waals surface area contributed by atoms with Crippen molar-refractivity contribution in [1.82, 2.24) is 35.3 Å². The van der Waals surface area contributed by atoms with E-state index in [0.29, 0.717) is 34.6 Å². The van der Waals surface area contributed by atoms with E-state index in [1.165, 1.54) is 23.9 Å². The standard InChI is InChI=1S/C52H63N9O15/c1-7-31-32-22-30(15-16-36(32)56-42-33(31)24-61-38(42)23-35-34(46(61)65)26-73-48(68)52(35,72)8-2)75-51(71)60(6)21-20-59(5)50(70)74-25-28-11-13-29(14-12-28)55-43(62)37(10-9-19-54-49(53)69)57-45(64)41(27(3)4)58-44(63)39-17-18-40(76-39)47(66)67/h11-16,22-23,27,37,39-41,72H,7-10,17-21,24-26H2,1-6H3,(H,55,62)(H,57,64)(H,58,63)(H,66,67)(H3,53,54,69)/t37-,39?,40?,41-,52-/m0/s1. The van der Waals surface area contributed by atoms with Crippen LogP contribution in [0.15, 0.2) is 53.3 Å². The number of amides is 7. The summed E-state index contributed by atoms with van der Waals surface area (Å²) < 4.78 is 23.3. The van der Waals surface area contributed by atoms with Gasteiger partial charge in [-0.15, -0.1) is 0 Å². The van der Waals surface area contributed by atoms with Gasteiger partial charge in [0, 0.05) is 55.9 Å². The number of primary amides is 1. The Morgan fingerprint density at radius 2 is 1.62 bits per heavy atom. The second kappa shape index (κ2) is 23.6. The van der Waals surface area contributed by atoms with Crippen LogP contribution in [0.2, 0.25) is 0 Å². The molecule has 3 aliphatic heterocycles. The molecule has 2 aromatic heterocycles. The topological polar surface area (TPSA) is 329 Å². The molecule has 2 aromatic carbocycles. The van der Waals surface area contributed by atoms with Crippen LogP contribution in [0.3, 0.4) is 0 Å². The molecule has 0 spiro atoms. The summed E-state index contributed by atoms with van der Waals surface area (Å²) in [6.45, 7) is 7.13. The number of likely N-dealkylation sites (N-methyl/N-ethyl adjacent to an activating group) is 2. The molecule has 1 fully saturated rings. The summed E-state index contributed by atoms with van der Waals surface area (Å²) in [5.41, 5.74) is 7.57. The van der Waals surface area contributed by atoms with E-state index in [9.17, 15) is 53.4 Å². The maximum atomic E-state index is 13.7. The number of nitrogens with two attached hydrogens (primary N) is 1. The molecular formula is C52H63N9O15. The summed E-state index contributed by atoms with van der Waals surface area (Å²) in [4.78, 5) is 123. The summed E-state index contributed by atoms with van der Waals surface area (Å²) >= 11 is 0. The molecule has 0 radical (unpaired) electrons. The summed E-state index contributed by atoms with van der Waals surface area (Å²) in [6, 6.07) is 10.1. The molecule has 7 amide bonds. The Balaban J connectivity index is 0.901. The van der Waals surface area contributed by atoms with Crippen LogP contribution in [-0.2, 0) is 70.0 Å². The van der Waals surface area contributed by atoms with Gasteiger partial charge >= 0.3 is 30.2 Å². The van der Waals surface area contributed by atoms with E-state index in [0.717, 1.165) is 16.5 Å². The minimum absolute atomic E-state index is 0.0236. The summed E-state index contributed by atoms with van der Waals surface area (Å²) in [5.74, 6) is -4.09. The maximum absolute atomic E-state index is 13.7. The zero-order chi connectivity index (χ0) is 55.2. The number of rotatable bonds is 20. The number of hydrogen-bond donors (Lipinski definition) is 7. The highest BCUT2D eigenvalue weighted by Gasteiger charge is 2.46. The predicted molar refractivity (Wildman–Crippen MR) is 271 cm³/mol. The van der Waals surface area contributed by atoms with Crippen molar-refractivity contribution >= 4 is 64.5 Å². The van der Waals surface area contributed by atoms with Gasteiger partial charge in [-0.05, 0) is 92.0 Å². The van der Waals surface area contributed by atoms with Crippen LogP contribution >= 0.6 is 0 Å². The van der Waals surface area contributed by atoms with E-state index in [4.69, 9.17) is 29.7 Å². The van der Waals surface area contributed by atoms with Gasteiger partial charge in [0.1, 0.15) is 37.2 Å². The van der Waals surface area contributed by atoms with E-state index in [2.05, 4.69) is 21.3 Å². The number of carboxylic acids is 1. The molecule has 24 heteroatoms. The minimum atomic E-state index is -1.95. The average molecular weight is 1050 g/mol. The van der Waals surface area contributed by atoms with Crippen molar-refractivity contribution in [3.05, 3.63) is 86.7 Å². The Labute approximate surface area is 436 Å². The van der Waals surface area contributed by atoms with Crippen LogP contribution in [-0.4, -0.2) is 135 Å². The normalized spacial score (nSPS) is 18.0. The second-order valence-electron chi connectivity index (χ2n) is 19.3. The Morgan fingerprint density at radius 1 is 0.921 bits per heavy atom. The Bertz CT molecular complexity index is 3000. The number of carbonyl (C=O) groups is 8. The lowest BCUT2D eigenvalue weighted by Crippen LogP contribution is -2.56. The molecule has 7 rings (SSSR count). The van der Waals surface area contributed by atoms with Gasteiger partial charge in [-0.25, -0.2) is 29.0 Å². The fraction of sp³-hybridized carbons (Fsp3) is 0.462. The van der Waals surface area contributed by atoms with Gasteiger partial charge in [-0.1, -0.05) is 39.8 Å². The van der Waals surface area contributed by atoms with E-state index < -0.39 is 83.7 Å². The molecule has 2 unspecified atom stereocenters. The predicted octanol–water partition coefficient (Wildman–Crippen LogP) is 2.99. The number of benzene rings is 2. The summed E-state index contributed by atoms with van der Waals surface area (Å²) in [5, 5.41) is 31.7. The molecular weight excluding hydrogens is 991 g/mol. The van der Waals surface area contributed by atoms with Crippen molar-refractivity contribution < 1.29 is 67.5 Å². The summed E-state index contributed by atoms with van der Waals surface area (Å²) in [6.07, 6.45) is -2.34. The fourth-order valence-corrected chi connectivity index (χ4v) is 9.28. The molecule has 3 aliphatic rings. The first kappa shape index (κ1) is 55.6. The number of aliphatic carboxylic acids is 1. The molecule has 8 N–H and O–H groups in total. The highest BCUT2D eigenvalue weighted by atomic mass is 16.6. The van der Waals surface area contributed by atoms with Crippen molar-refractivity contribution in [2.75, 3.05) is 39.0 Å². The monoisotopic (exact) mass is 1050 g/mol. The number of anilines is 1. The van der Waals surface area contributed by atoms with Crippen LogP contribution in [0.4, 0.5) is 20.1 Å². The van der Waals surface area contributed by atoms with E-state index in [1.807, 2.05) is 6.92 Å². The van der Waals surface area contributed by atoms with Gasteiger partial charge in [-0.2, -0.15) is 0 Å². The third-order valence-electron chi connectivity index (χ3n) is 13.7. The van der Waals surface area contributed by atoms with Gasteiger partial charge in [0.2, 0.25) is 17.7 Å². The molecule has 24 nitrogen and oxygen atoms in total. The number of aromatic nitrogens is 2. The third-order valence-corrected chi connectivity index (χ3v) is 13.7. The Morgan fingerprint density at radius 3 is 2.26 bits per heavy atom. The van der Waals surface area contributed by atoms with Gasteiger partial charge in [0.05, 0.1) is 29.0 Å². The number of fused-ring (bicyclic) bond motifs is 5. The minimum Gasteiger partial charge on any atom is -0.479 e. The summed E-state index contributed by atoms with van der Waals surface area (Å²) in [7, 11) is 3.03. The van der Waals surface area contributed by atoms with Crippen LogP contribution in [0.1, 0.15) is 87.6 Å².